The molecule has 16 heavy (non-hydrogen) atoms. The van der Waals surface area contributed by atoms with Crippen LogP contribution in [-0.4, -0.2) is 34.3 Å². The molecule has 1 saturated heterocycles. The molecule has 1 aliphatic heterocycles. The smallest absolute Gasteiger partial charge is 0.226 e. The zero-order valence-corrected chi connectivity index (χ0v) is 9.98. The van der Waals surface area contributed by atoms with Gasteiger partial charge in [-0.05, 0) is 39.2 Å². The zero-order chi connectivity index (χ0) is 11.5. The number of nitrogens with zero attached hydrogens (tertiary/aromatic N) is 3. The summed E-state index contributed by atoms with van der Waals surface area (Å²) < 4.78 is 0. The van der Waals surface area contributed by atoms with Gasteiger partial charge in [0.1, 0.15) is 0 Å². The van der Waals surface area contributed by atoms with Crippen molar-refractivity contribution in [1.82, 2.24) is 9.97 Å². The van der Waals surface area contributed by atoms with Crippen LogP contribution in [0.1, 0.15) is 30.7 Å². The van der Waals surface area contributed by atoms with E-state index in [-0.39, 0.29) is 12.6 Å². The normalized spacial score (nSPS) is 21.2. The summed E-state index contributed by atoms with van der Waals surface area (Å²) in [5.41, 5.74) is 1.98. The van der Waals surface area contributed by atoms with E-state index in [0.29, 0.717) is 0 Å². The first kappa shape index (κ1) is 11.3. The number of hydrogen-bond acceptors (Lipinski definition) is 4. The van der Waals surface area contributed by atoms with Gasteiger partial charge in [0.05, 0.1) is 12.6 Å². The van der Waals surface area contributed by atoms with Gasteiger partial charge in [0.2, 0.25) is 5.95 Å². The average molecular weight is 221 g/mol. The largest absolute Gasteiger partial charge is 0.394 e. The summed E-state index contributed by atoms with van der Waals surface area (Å²) in [5.74, 6) is 0.774. The summed E-state index contributed by atoms with van der Waals surface area (Å²) in [5, 5.41) is 9.36. The van der Waals surface area contributed by atoms with E-state index < -0.39 is 0 Å². The van der Waals surface area contributed by atoms with Crippen LogP contribution in [0.2, 0.25) is 0 Å². The van der Waals surface area contributed by atoms with Crippen molar-refractivity contribution in [3.8, 4) is 0 Å². The van der Waals surface area contributed by atoms with Gasteiger partial charge in [-0.1, -0.05) is 0 Å². The van der Waals surface area contributed by atoms with Crippen molar-refractivity contribution in [2.75, 3.05) is 18.1 Å². The molecule has 1 aromatic rings. The molecule has 1 fully saturated rings. The summed E-state index contributed by atoms with van der Waals surface area (Å²) in [7, 11) is 0. The van der Waals surface area contributed by atoms with Gasteiger partial charge in [-0.15, -0.1) is 0 Å². The minimum absolute atomic E-state index is 0.190. The van der Waals surface area contributed by atoms with Crippen molar-refractivity contribution in [2.45, 2.75) is 39.2 Å². The number of aryl methyl sites for hydroxylation is 2. The highest BCUT2D eigenvalue weighted by Gasteiger charge is 2.23. The Bertz CT molecular complexity index is 347. The Hall–Kier alpha value is -1.16. The number of aliphatic hydroxyl groups is 1. The van der Waals surface area contributed by atoms with Crippen LogP contribution in [0.3, 0.4) is 0 Å². The van der Waals surface area contributed by atoms with E-state index in [1.54, 1.807) is 0 Å². The molecule has 4 nitrogen and oxygen atoms in total. The van der Waals surface area contributed by atoms with E-state index >= 15 is 0 Å². The third kappa shape index (κ3) is 2.32. The first-order chi connectivity index (χ1) is 7.70. The molecule has 1 unspecified atom stereocenters. The molecular weight excluding hydrogens is 202 g/mol. The number of anilines is 1. The van der Waals surface area contributed by atoms with Crippen molar-refractivity contribution in [2.24, 2.45) is 0 Å². The maximum atomic E-state index is 9.36. The van der Waals surface area contributed by atoms with Crippen molar-refractivity contribution < 1.29 is 5.11 Å². The number of rotatable bonds is 2. The van der Waals surface area contributed by atoms with Crippen LogP contribution >= 0.6 is 0 Å². The lowest BCUT2D eigenvalue weighted by molar-refractivity contribution is 0.238. The second-order valence-corrected chi connectivity index (χ2v) is 4.48. The maximum absolute atomic E-state index is 9.36. The first-order valence-electron chi connectivity index (χ1n) is 5.90. The Morgan fingerprint density at radius 1 is 1.31 bits per heavy atom. The lowest BCUT2D eigenvalue weighted by atomic mass is 10.0. The summed E-state index contributed by atoms with van der Waals surface area (Å²) >= 11 is 0. The number of aliphatic hydroxyl groups excluding tert-OH is 1. The van der Waals surface area contributed by atoms with Gasteiger partial charge in [0.25, 0.3) is 0 Å². The lowest BCUT2D eigenvalue weighted by Crippen LogP contribution is -2.43. The van der Waals surface area contributed by atoms with E-state index in [0.717, 1.165) is 36.7 Å². The molecule has 2 heterocycles. The second kappa shape index (κ2) is 4.78. The van der Waals surface area contributed by atoms with Crippen LogP contribution in [0, 0.1) is 13.8 Å². The Balaban J connectivity index is 2.26. The highest BCUT2D eigenvalue weighted by Crippen LogP contribution is 2.21. The van der Waals surface area contributed by atoms with Gasteiger partial charge in [0.15, 0.2) is 0 Å². The fraction of sp³-hybridized carbons (Fsp3) is 0.667. The zero-order valence-electron chi connectivity index (χ0n) is 9.98. The summed E-state index contributed by atoms with van der Waals surface area (Å²) in [6.45, 7) is 5.11. The summed E-state index contributed by atoms with van der Waals surface area (Å²) in [6, 6.07) is 2.16. The molecule has 1 aliphatic rings. The van der Waals surface area contributed by atoms with E-state index in [1.807, 2.05) is 19.9 Å². The molecule has 4 heteroatoms. The predicted molar refractivity (Wildman–Crippen MR) is 63.6 cm³/mol. The standard InChI is InChI=1S/C12H19N3O/c1-9-7-10(2)14-12(13-9)15-6-4-3-5-11(15)8-16/h7,11,16H,3-6,8H2,1-2H3. The Morgan fingerprint density at radius 3 is 2.62 bits per heavy atom. The van der Waals surface area contributed by atoms with E-state index in [1.165, 1.54) is 6.42 Å². The predicted octanol–water partition coefficient (Wildman–Crippen LogP) is 1.44. The Kier molecular flexibility index (Phi) is 3.39. The van der Waals surface area contributed by atoms with Crippen LogP contribution in [0.25, 0.3) is 0 Å². The molecule has 0 aromatic carbocycles. The summed E-state index contributed by atoms with van der Waals surface area (Å²) in [4.78, 5) is 11.1. The van der Waals surface area contributed by atoms with Gasteiger partial charge in [0, 0.05) is 17.9 Å². The SMILES string of the molecule is Cc1cc(C)nc(N2CCCCC2CO)n1. The van der Waals surface area contributed by atoms with Crippen LogP contribution in [0.4, 0.5) is 5.95 Å². The molecule has 1 N–H and O–H groups in total. The monoisotopic (exact) mass is 221 g/mol. The van der Waals surface area contributed by atoms with Crippen molar-refractivity contribution in [3.63, 3.8) is 0 Å². The molecule has 2 rings (SSSR count). The molecule has 1 aromatic heterocycles. The molecule has 0 amide bonds. The highest BCUT2D eigenvalue weighted by atomic mass is 16.3. The molecule has 88 valence electrons. The van der Waals surface area contributed by atoms with Crippen molar-refractivity contribution in [3.05, 3.63) is 17.5 Å². The van der Waals surface area contributed by atoms with E-state index in [2.05, 4.69) is 14.9 Å². The number of piperidine rings is 1. The number of aromatic nitrogens is 2. The topological polar surface area (TPSA) is 49.2 Å². The van der Waals surface area contributed by atoms with Gasteiger partial charge in [-0.2, -0.15) is 0 Å². The van der Waals surface area contributed by atoms with Crippen LogP contribution < -0.4 is 4.90 Å². The molecular formula is C12H19N3O. The van der Waals surface area contributed by atoms with E-state index in [4.69, 9.17) is 0 Å². The average Bonchev–Trinajstić information content (AvgIpc) is 2.27. The second-order valence-electron chi connectivity index (χ2n) is 4.48. The molecule has 0 bridgehead atoms. The molecule has 0 aliphatic carbocycles. The molecule has 1 atom stereocenters. The van der Waals surface area contributed by atoms with Gasteiger partial charge in [-0.3, -0.25) is 0 Å². The molecule has 0 saturated carbocycles. The van der Waals surface area contributed by atoms with Crippen LogP contribution in [0.15, 0.2) is 6.07 Å². The highest BCUT2D eigenvalue weighted by molar-refractivity contribution is 5.34. The van der Waals surface area contributed by atoms with Gasteiger partial charge >= 0.3 is 0 Å². The minimum Gasteiger partial charge on any atom is -0.394 e. The summed E-state index contributed by atoms with van der Waals surface area (Å²) in [6.07, 6.45) is 3.38. The van der Waals surface area contributed by atoms with Crippen molar-refractivity contribution >= 4 is 5.95 Å². The Morgan fingerprint density at radius 2 is 2.00 bits per heavy atom. The van der Waals surface area contributed by atoms with Crippen LogP contribution in [0.5, 0.6) is 0 Å². The fourth-order valence-electron chi connectivity index (χ4n) is 2.29. The van der Waals surface area contributed by atoms with E-state index in [9.17, 15) is 5.11 Å². The van der Waals surface area contributed by atoms with Gasteiger partial charge < -0.3 is 10.0 Å². The molecule has 0 spiro atoms. The third-order valence-electron chi connectivity index (χ3n) is 3.07. The number of hydrogen-bond donors (Lipinski definition) is 1. The van der Waals surface area contributed by atoms with Crippen LogP contribution in [-0.2, 0) is 0 Å². The third-order valence-corrected chi connectivity index (χ3v) is 3.07. The quantitative estimate of drug-likeness (QED) is 0.821. The minimum atomic E-state index is 0.190. The molecule has 0 radical (unpaired) electrons. The first-order valence-corrected chi connectivity index (χ1v) is 5.90. The lowest BCUT2D eigenvalue weighted by Gasteiger charge is -2.34. The van der Waals surface area contributed by atoms with Gasteiger partial charge in [-0.25, -0.2) is 9.97 Å². The fourth-order valence-corrected chi connectivity index (χ4v) is 2.29. The van der Waals surface area contributed by atoms with Crippen molar-refractivity contribution in [1.29, 1.82) is 0 Å². The Labute approximate surface area is 96.3 Å². The maximum Gasteiger partial charge on any atom is 0.226 e.